The van der Waals surface area contributed by atoms with Crippen molar-refractivity contribution in [1.29, 1.82) is 0 Å². The van der Waals surface area contributed by atoms with Gasteiger partial charge in [-0.1, -0.05) is 97.1 Å². The summed E-state index contributed by atoms with van der Waals surface area (Å²) in [6.07, 6.45) is 3.47. The van der Waals surface area contributed by atoms with Crippen molar-refractivity contribution in [3.05, 3.63) is 138 Å². The Labute approximate surface area is 243 Å². The van der Waals surface area contributed by atoms with Gasteiger partial charge < -0.3 is 15.5 Å². The highest BCUT2D eigenvalue weighted by molar-refractivity contribution is 5.85. The summed E-state index contributed by atoms with van der Waals surface area (Å²) in [4.78, 5) is 34.1. The van der Waals surface area contributed by atoms with Crippen molar-refractivity contribution >= 4 is 11.9 Å². The van der Waals surface area contributed by atoms with E-state index in [9.17, 15) is 9.59 Å². The molecule has 4 aromatic rings. The Kier molecular flexibility index (Phi) is 10.3. The van der Waals surface area contributed by atoms with E-state index >= 15 is 0 Å². The Bertz CT molecular complexity index is 1320. The Morgan fingerprint density at radius 3 is 1.63 bits per heavy atom. The molecule has 0 aliphatic carbocycles. The number of urea groups is 1. The summed E-state index contributed by atoms with van der Waals surface area (Å²) < 4.78 is 0. The molecule has 0 aliphatic heterocycles. The second kappa shape index (κ2) is 14.3. The number of nitrogens with zero attached hydrogens (tertiary/aromatic N) is 2. The number of nitrogens with one attached hydrogen (secondary N) is 2. The normalized spacial score (nSPS) is 12.7. The van der Waals surface area contributed by atoms with Crippen LogP contribution in [0, 0.1) is 0 Å². The molecule has 4 rings (SSSR count). The number of hydrogen-bond acceptors (Lipinski definition) is 3. The molecule has 3 amide bonds. The lowest BCUT2D eigenvalue weighted by molar-refractivity contribution is -0.137. The van der Waals surface area contributed by atoms with Crippen molar-refractivity contribution in [3.8, 4) is 0 Å². The van der Waals surface area contributed by atoms with Crippen LogP contribution >= 0.6 is 0 Å². The first kappa shape index (κ1) is 29.5. The predicted molar refractivity (Wildman–Crippen MR) is 165 cm³/mol. The van der Waals surface area contributed by atoms with Gasteiger partial charge in [0.05, 0.1) is 12.0 Å². The first-order valence-corrected chi connectivity index (χ1v) is 14.3. The molecule has 0 fully saturated rings. The van der Waals surface area contributed by atoms with Gasteiger partial charge in [0.1, 0.15) is 0 Å². The molecule has 0 radical (unpaired) electrons. The van der Waals surface area contributed by atoms with Gasteiger partial charge in [0.2, 0.25) is 5.91 Å². The van der Waals surface area contributed by atoms with Crippen molar-refractivity contribution in [1.82, 2.24) is 20.5 Å². The maximum atomic E-state index is 14.3. The second-order valence-electron chi connectivity index (χ2n) is 10.8. The third-order valence-electron chi connectivity index (χ3n) is 7.33. The predicted octanol–water partition coefficient (Wildman–Crippen LogP) is 6.68. The zero-order valence-corrected chi connectivity index (χ0v) is 24.3. The lowest BCUT2D eigenvalue weighted by Gasteiger charge is -2.37. The molecule has 1 heterocycles. The lowest BCUT2D eigenvalue weighted by atomic mass is 9.80. The molecule has 2 atom stereocenters. The van der Waals surface area contributed by atoms with Gasteiger partial charge in [-0.2, -0.15) is 0 Å². The van der Waals surface area contributed by atoms with Gasteiger partial charge in [-0.25, -0.2) is 4.79 Å². The van der Waals surface area contributed by atoms with Crippen LogP contribution in [0.2, 0.25) is 0 Å². The zero-order valence-electron chi connectivity index (χ0n) is 24.3. The van der Waals surface area contributed by atoms with Crippen molar-refractivity contribution in [3.63, 3.8) is 0 Å². The molecule has 0 aliphatic rings. The summed E-state index contributed by atoms with van der Waals surface area (Å²) in [7, 11) is 0. The monoisotopic (exact) mass is 548 g/mol. The minimum atomic E-state index is -0.532. The van der Waals surface area contributed by atoms with E-state index in [1.807, 2.05) is 136 Å². The smallest absolute Gasteiger partial charge is 0.315 e. The molecule has 212 valence electrons. The Balaban J connectivity index is 1.65. The lowest BCUT2D eigenvalue weighted by Crippen LogP contribution is -2.47. The summed E-state index contributed by atoms with van der Waals surface area (Å²) in [6, 6.07) is 33.0. The van der Waals surface area contributed by atoms with Crippen LogP contribution in [0.3, 0.4) is 0 Å². The molecule has 1 aromatic heterocycles. The average Bonchev–Trinajstić information content (AvgIpc) is 2.99. The van der Waals surface area contributed by atoms with E-state index in [1.54, 1.807) is 12.4 Å². The summed E-state index contributed by atoms with van der Waals surface area (Å²) >= 11 is 0. The van der Waals surface area contributed by atoms with Crippen molar-refractivity contribution in [2.45, 2.75) is 57.7 Å². The third kappa shape index (κ3) is 7.60. The van der Waals surface area contributed by atoms with Gasteiger partial charge >= 0.3 is 6.03 Å². The molecular formula is C35H40N4O2. The summed E-state index contributed by atoms with van der Waals surface area (Å²) in [6.45, 7) is 8.41. The molecule has 0 saturated carbocycles. The van der Waals surface area contributed by atoms with Gasteiger partial charge in [0, 0.05) is 36.9 Å². The fraction of sp³-hybridized carbons (Fsp3) is 0.286. The third-order valence-corrected chi connectivity index (χ3v) is 7.33. The SMILES string of the molecule is CC(C)N(C(=O)C(c1cccnc1)C(CNC(=O)NC(c1ccccc1)c1ccccc1)c1ccccc1)C(C)C. The highest BCUT2D eigenvalue weighted by atomic mass is 16.2. The molecule has 6 nitrogen and oxygen atoms in total. The molecule has 0 saturated heterocycles. The van der Waals surface area contributed by atoms with E-state index in [-0.39, 0.29) is 42.5 Å². The van der Waals surface area contributed by atoms with Crippen LogP contribution in [0.5, 0.6) is 0 Å². The van der Waals surface area contributed by atoms with Crippen LogP contribution in [0.4, 0.5) is 4.79 Å². The van der Waals surface area contributed by atoms with Crippen molar-refractivity contribution in [2.24, 2.45) is 0 Å². The minimum Gasteiger partial charge on any atom is -0.337 e. The van der Waals surface area contributed by atoms with E-state index < -0.39 is 5.92 Å². The topological polar surface area (TPSA) is 74.3 Å². The number of pyridine rings is 1. The molecule has 2 N–H and O–H groups in total. The Morgan fingerprint density at radius 1 is 0.683 bits per heavy atom. The number of carbonyl (C=O) groups excluding carboxylic acids is 2. The first-order chi connectivity index (χ1) is 19.9. The molecule has 2 unspecified atom stereocenters. The van der Waals surface area contributed by atoms with Crippen LogP contribution in [0.1, 0.15) is 67.8 Å². The zero-order chi connectivity index (χ0) is 29.2. The molecule has 0 bridgehead atoms. The van der Waals surface area contributed by atoms with E-state index in [1.165, 1.54) is 0 Å². The maximum Gasteiger partial charge on any atom is 0.315 e. The fourth-order valence-electron chi connectivity index (χ4n) is 5.54. The van der Waals surface area contributed by atoms with Crippen molar-refractivity contribution in [2.75, 3.05) is 6.54 Å². The maximum absolute atomic E-state index is 14.3. The first-order valence-electron chi connectivity index (χ1n) is 14.3. The number of aromatic nitrogens is 1. The Morgan fingerprint density at radius 2 is 1.17 bits per heavy atom. The van der Waals surface area contributed by atoms with E-state index in [0.717, 1.165) is 22.3 Å². The largest absolute Gasteiger partial charge is 0.337 e. The van der Waals surface area contributed by atoms with E-state index in [2.05, 4.69) is 15.6 Å². The van der Waals surface area contributed by atoms with Crippen LogP contribution in [-0.4, -0.2) is 40.5 Å². The summed E-state index contributed by atoms with van der Waals surface area (Å²) in [5.41, 5.74) is 3.78. The highest BCUT2D eigenvalue weighted by Gasteiger charge is 2.36. The molecule has 41 heavy (non-hydrogen) atoms. The number of carbonyl (C=O) groups is 2. The van der Waals surface area contributed by atoms with Crippen molar-refractivity contribution < 1.29 is 9.59 Å². The number of benzene rings is 3. The van der Waals surface area contributed by atoms with Gasteiger partial charge in [0.25, 0.3) is 0 Å². The van der Waals surface area contributed by atoms with Crippen LogP contribution in [0.25, 0.3) is 0 Å². The standard InChI is InChI=1S/C35H40N4O2/c1-25(2)39(26(3)4)34(40)32(30-21-14-22-36-23-30)31(27-15-8-5-9-16-27)24-37-35(41)38-33(28-17-10-6-11-18-28)29-19-12-7-13-20-29/h5-23,25-26,31-33H,24H2,1-4H3,(H2,37,38,41). The summed E-state index contributed by atoms with van der Waals surface area (Å²) in [5, 5.41) is 6.28. The molecule has 3 aromatic carbocycles. The summed E-state index contributed by atoms with van der Waals surface area (Å²) in [5.74, 6) is -0.827. The van der Waals surface area contributed by atoms with Gasteiger partial charge in [-0.3, -0.25) is 9.78 Å². The van der Waals surface area contributed by atoms with E-state index in [0.29, 0.717) is 0 Å². The number of hydrogen-bond donors (Lipinski definition) is 2. The van der Waals surface area contributed by atoms with Crippen LogP contribution < -0.4 is 10.6 Å². The molecular weight excluding hydrogens is 508 g/mol. The Hall–Kier alpha value is -4.45. The van der Waals surface area contributed by atoms with Gasteiger partial charge in [0.15, 0.2) is 0 Å². The van der Waals surface area contributed by atoms with E-state index in [4.69, 9.17) is 0 Å². The second-order valence-corrected chi connectivity index (χ2v) is 10.8. The quantitative estimate of drug-likeness (QED) is 0.219. The molecule has 0 spiro atoms. The van der Waals surface area contributed by atoms with Gasteiger partial charge in [-0.05, 0) is 56.0 Å². The van der Waals surface area contributed by atoms with Crippen LogP contribution in [-0.2, 0) is 4.79 Å². The van der Waals surface area contributed by atoms with Crippen LogP contribution in [0.15, 0.2) is 116 Å². The highest BCUT2D eigenvalue weighted by Crippen LogP contribution is 2.35. The number of rotatable bonds is 11. The number of amides is 3. The minimum absolute atomic E-state index is 0.0190. The fourth-order valence-corrected chi connectivity index (χ4v) is 5.54. The molecule has 6 heteroatoms. The van der Waals surface area contributed by atoms with Gasteiger partial charge in [-0.15, -0.1) is 0 Å². The average molecular weight is 549 g/mol.